The normalized spacial score (nSPS) is 16.0. The van der Waals surface area contributed by atoms with Crippen LogP contribution in [0.25, 0.3) is 17.0 Å². The number of aryl methyl sites for hydroxylation is 1. The van der Waals surface area contributed by atoms with Crippen LogP contribution < -0.4 is 5.32 Å². The van der Waals surface area contributed by atoms with E-state index in [1.807, 2.05) is 18.2 Å². The number of aromatic nitrogens is 1. The van der Waals surface area contributed by atoms with Crippen LogP contribution in [-0.4, -0.2) is 24.6 Å². The summed E-state index contributed by atoms with van der Waals surface area (Å²) in [5, 5.41) is 5.66. The van der Waals surface area contributed by atoms with Crippen LogP contribution in [0.5, 0.6) is 0 Å². The maximum Gasteiger partial charge on any atom is 0.330 e. The SMILES string of the molecule is COC(=O)C=Cc1ccc2c(c1)CCC2NCCc1c[nH]c2ccc(Cl)cc12. The average molecular weight is 395 g/mol. The number of rotatable bonds is 6. The van der Waals surface area contributed by atoms with Gasteiger partial charge in [0, 0.05) is 34.2 Å². The smallest absolute Gasteiger partial charge is 0.330 e. The van der Waals surface area contributed by atoms with Gasteiger partial charge in [0.15, 0.2) is 0 Å². The lowest BCUT2D eigenvalue weighted by Gasteiger charge is -2.14. The van der Waals surface area contributed by atoms with Crippen molar-refractivity contribution in [1.29, 1.82) is 0 Å². The first-order valence-electron chi connectivity index (χ1n) is 9.52. The van der Waals surface area contributed by atoms with Crippen LogP contribution in [0, 0.1) is 0 Å². The summed E-state index contributed by atoms with van der Waals surface area (Å²) in [5.74, 6) is -0.335. The minimum atomic E-state index is -0.335. The first-order chi connectivity index (χ1) is 13.6. The molecule has 1 atom stereocenters. The van der Waals surface area contributed by atoms with Crippen molar-refractivity contribution in [1.82, 2.24) is 10.3 Å². The molecule has 0 saturated heterocycles. The fraction of sp³-hybridized carbons (Fsp3) is 0.261. The van der Waals surface area contributed by atoms with Crippen LogP contribution in [0.1, 0.15) is 34.7 Å². The van der Waals surface area contributed by atoms with Crippen molar-refractivity contribution in [2.24, 2.45) is 0 Å². The van der Waals surface area contributed by atoms with Gasteiger partial charge in [-0.25, -0.2) is 4.79 Å². The second-order valence-electron chi connectivity index (χ2n) is 7.11. The van der Waals surface area contributed by atoms with Crippen molar-refractivity contribution in [3.8, 4) is 0 Å². The zero-order chi connectivity index (χ0) is 19.5. The van der Waals surface area contributed by atoms with Gasteiger partial charge in [-0.3, -0.25) is 0 Å². The van der Waals surface area contributed by atoms with E-state index >= 15 is 0 Å². The molecular weight excluding hydrogens is 372 g/mol. The van der Waals surface area contributed by atoms with Gasteiger partial charge >= 0.3 is 5.97 Å². The Morgan fingerprint density at radius 3 is 3.07 bits per heavy atom. The van der Waals surface area contributed by atoms with Gasteiger partial charge in [-0.15, -0.1) is 0 Å². The molecule has 0 amide bonds. The highest BCUT2D eigenvalue weighted by Crippen LogP contribution is 2.32. The topological polar surface area (TPSA) is 54.1 Å². The highest BCUT2D eigenvalue weighted by molar-refractivity contribution is 6.31. The van der Waals surface area contributed by atoms with Crippen molar-refractivity contribution < 1.29 is 9.53 Å². The summed E-state index contributed by atoms with van der Waals surface area (Å²) in [4.78, 5) is 14.6. The molecule has 2 aromatic carbocycles. The molecule has 0 spiro atoms. The number of hydrogen-bond donors (Lipinski definition) is 2. The highest BCUT2D eigenvalue weighted by atomic mass is 35.5. The lowest BCUT2D eigenvalue weighted by atomic mass is 10.0. The quantitative estimate of drug-likeness (QED) is 0.465. The third-order valence-electron chi connectivity index (χ3n) is 5.37. The molecule has 1 aliphatic rings. The van der Waals surface area contributed by atoms with Crippen LogP contribution in [0.15, 0.2) is 48.7 Å². The average Bonchev–Trinajstić information content (AvgIpc) is 3.30. The summed E-state index contributed by atoms with van der Waals surface area (Å²) in [5.41, 5.74) is 6.14. The number of fused-ring (bicyclic) bond motifs is 2. The van der Waals surface area contributed by atoms with E-state index in [1.165, 1.54) is 35.3 Å². The van der Waals surface area contributed by atoms with Gasteiger partial charge in [0.25, 0.3) is 0 Å². The van der Waals surface area contributed by atoms with Gasteiger partial charge in [-0.05, 0) is 72.3 Å². The summed E-state index contributed by atoms with van der Waals surface area (Å²) in [7, 11) is 1.39. The highest BCUT2D eigenvalue weighted by Gasteiger charge is 2.21. The number of carbonyl (C=O) groups is 1. The molecule has 0 fully saturated rings. The van der Waals surface area contributed by atoms with Crippen LogP contribution in [-0.2, 0) is 22.4 Å². The molecule has 1 aliphatic carbocycles. The summed E-state index contributed by atoms with van der Waals surface area (Å²) < 4.78 is 4.64. The zero-order valence-electron chi connectivity index (χ0n) is 15.8. The van der Waals surface area contributed by atoms with E-state index in [4.69, 9.17) is 11.6 Å². The molecule has 0 bridgehead atoms. The Labute approximate surface area is 169 Å². The molecule has 0 radical (unpaired) electrons. The number of H-pyrrole nitrogens is 1. The first kappa shape index (κ1) is 18.8. The Morgan fingerprint density at radius 1 is 1.32 bits per heavy atom. The van der Waals surface area contributed by atoms with Crippen molar-refractivity contribution in [3.05, 3.63) is 75.9 Å². The molecule has 28 heavy (non-hydrogen) atoms. The number of nitrogens with one attached hydrogen (secondary N) is 2. The lowest BCUT2D eigenvalue weighted by molar-refractivity contribution is -0.134. The maximum atomic E-state index is 11.3. The molecular formula is C23H23ClN2O2. The molecule has 0 saturated carbocycles. The summed E-state index contributed by atoms with van der Waals surface area (Å²) in [6.45, 7) is 0.910. The van der Waals surface area contributed by atoms with Gasteiger partial charge in [0.1, 0.15) is 0 Å². The molecule has 4 rings (SSSR count). The Bertz CT molecular complexity index is 1040. The van der Waals surface area contributed by atoms with Gasteiger partial charge in [-0.2, -0.15) is 0 Å². The van der Waals surface area contributed by atoms with E-state index in [0.717, 1.165) is 41.9 Å². The molecule has 3 aromatic rings. The molecule has 2 N–H and O–H groups in total. The third kappa shape index (κ3) is 3.98. The van der Waals surface area contributed by atoms with Crippen LogP contribution >= 0.6 is 11.6 Å². The minimum absolute atomic E-state index is 0.335. The third-order valence-corrected chi connectivity index (χ3v) is 5.61. The number of esters is 1. The maximum absolute atomic E-state index is 11.3. The number of benzene rings is 2. The van der Waals surface area contributed by atoms with Gasteiger partial charge in [-0.1, -0.05) is 29.8 Å². The van der Waals surface area contributed by atoms with Crippen molar-refractivity contribution in [3.63, 3.8) is 0 Å². The standard InChI is InChI=1S/C23H23ClN2O2/c1-28-23(27)9-3-15-2-6-19-16(12-15)4-7-21(19)25-11-10-17-14-26-22-8-5-18(24)13-20(17)22/h2-3,5-6,8-9,12-14,21,25-26H,4,7,10-11H2,1H3. The number of ether oxygens (including phenoxy) is 1. The van der Waals surface area contributed by atoms with E-state index in [1.54, 1.807) is 6.08 Å². The Balaban J connectivity index is 1.39. The van der Waals surface area contributed by atoms with E-state index in [-0.39, 0.29) is 5.97 Å². The number of halogens is 1. The van der Waals surface area contributed by atoms with Crippen LogP contribution in [0.3, 0.4) is 0 Å². The van der Waals surface area contributed by atoms with Crippen LogP contribution in [0.2, 0.25) is 5.02 Å². The minimum Gasteiger partial charge on any atom is -0.466 e. The summed E-state index contributed by atoms with van der Waals surface area (Å²) in [6.07, 6.45) is 8.43. The first-order valence-corrected chi connectivity index (χ1v) is 9.89. The van der Waals surface area contributed by atoms with E-state index in [9.17, 15) is 4.79 Å². The molecule has 4 nitrogen and oxygen atoms in total. The largest absolute Gasteiger partial charge is 0.466 e. The van der Waals surface area contributed by atoms with Crippen molar-refractivity contribution >= 4 is 34.5 Å². The molecule has 1 heterocycles. The van der Waals surface area contributed by atoms with Crippen molar-refractivity contribution in [2.45, 2.75) is 25.3 Å². The Hall–Kier alpha value is -2.56. The van der Waals surface area contributed by atoms with E-state index in [2.05, 4.69) is 39.4 Å². The second-order valence-corrected chi connectivity index (χ2v) is 7.55. The van der Waals surface area contributed by atoms with Crippen molar-refractivity contribution in [2.75, 3.05) is 13.7 Å². The number of methoxy groups -OCH3 is 1. The second kappa shape index (κ2) is 8.21. The summed E-state index contributed by atoms with van der Waals surface area (Å²) in [6, 6.07) is 12.7. The summed E-state index contributed by atoms with van der Waals surface area (Å²) >= 11 is 6.14. The fourth-order valence-electron chi connectivity index (χ4n) is 3.92. The lowest BCUT2D eigenvalue weighted by Crippen LogP contribution is -2.21. The Morgan fingerprint density at radius 2 is 2.21 bits per heavy atom. The molecule has 0 aliphatic heterocycles. The van der Waals surface area contributed by atoms with Gasteiger partial charge in [0.2, 0.25) is 0 Å². The predicted molar refractivity (Wildman–Crippen MR) is 114 cm³/mol. The van der Waals surface area contributed by atoms with Gasteiger partial charge < -0.3 is 15.0 Å². The number of carbonyl (C=O) groups excluding carboxylic acids is 1. The predicted octanol–water partition coefficient (Wildman–Crippen LogP) is 4.83. The van der Waals surface area contributed by atoms with Gasteiger partial charge in [0.05, 0.1) is 7.11 Å². The zero-order valence-corrected chi connectivity index (χ0v) is 16.6. The number of aromatic amines is 1. The van der Waals surface area contributed by atoms with Crippen LogP contribution in [0.4, 0.5) is 0 Å². The van der Waals surface area contributed by atoms with E-state index in [0.29, 0.717) is 6.04 Å². The molecule has 1 aromatic heterocycles. The van der Waals surface area contributed by atoms with E-state index < -0.39 is 0 Å². The molecule has 5 heteroatoms. The number of hydrogen-bond acceptors (Lipinski definition) is 3. The molecule has 144 valence electrons. The fourth-order valence-corrected chi connectivity index (χ4v) is 4.10. The monoisotopic (exact) mass is 394 g/mol. The molecule has 1 unspecified atom stereocenters. The Kier molecular flexibility index (Phi) is 5.51.